The Morgan fingerprint density at radius 3 is 2.15 bits per heavy atom. The van der Waals surface area contributed by atoms with Crippen molar-refractivity contribution in [3.05, 3.63) is 51.4 Å². The topological polar surface area (TPSA) is 62.6 Å². The van der Waals surface area contributed by atoms with Gasteiger partial charge in [-0.1, -0.05) is 44.5 Å². The van der Waals surface area contributed by atoms with Gasteiger partial charge in [-0.3, -0.25) is 4.79 Å². The zero-order valence-electron chi connectivity index (χ0n) is 21.3. The van der Waals surface area contributed by atoms with Gasteiger partial charge in [0.15, 0.2) is 19.1 Å². The molecular formula is C25H39ClN2O4Si. The summed E-state index contributed by atoms with van der Waals surface area (Å²) in [4.78, 5) is 12.4. The third-order valence-corrected chi connectivity index (χ3v) is 10.8. The van der Waals surface area contributed by atoms with Crippen molar-refractivity contribution in [1.82, 2.24) is 9.78 Å². The Kier molecular flexibility index (Phi) is 9.19. The van der Waals surface area contributed by atoms with Crippen molar-refractivity contribution in [2.24, 2.45) is 0 Å². The molecule has 0 atom stereocenters. The zero-order chi connectivity index (χ0) is 24.9. The molecule has 33 heavy (non-hydrogen) atoms. The van der Waals surface area contributed by atoms with Crippen LogP contribution in [0.15, 0.2) is 35.3 Å². The summed E-state index contributed by atoms with van der Waals surface area (Å²) >= 11 is 6.21. The van der Waals surface area contributed by atoms with Gasteiger partial charge in [0.1, 0.15) is 12.4 Å². The third kappa shape index (κ3) is 7.86. The highest BCUT2D eigenvalue weighted by molar-refractivity contribution is 6.74. The van der Waals surface area contributed by atoms with Crippen molar-refractivity contribution in [2.45, 2.75) is 84.7 Å². The molecule has 0 amide bonds. The monoisotopic (exact) mass is 494 g/mol. The van der Waals surface area contributed by atoms with Crippen molar-refractivity contribution in [3.63, 3.8) is 0 Å². The lowest BCUT2D eigenvalue weighted by Gasteiger charge is -2.36. The standard InChI is InChI=1S/C25H39ClN2O4Si/c1-24(2,3)28-23(29)22(26)21(17-27-28)31-18-19-11-13-20(14-12-19)30-15-9-10-16-32-33(7,8)25(4,5)6/h11-14,17H,9-10,15-16,18H2,1-8H3. The van der Waals surface area contributed by atoms with Gasteiger partial charge >= 0.3 is 0 Å². The van der Waals surface area contributed by atoms with Gasteiger partial charge in [-0.15, -0.1) is 0 Å². The van der Waals surface area contributed by atoms with Crippen molar-refractivity contribution in [3.8, 4) is 11.5 Å². The first kappa shape index (κ1) is 27.4. The first-order valence-electron chi connectivity index (χ1n) is 11.5. The molecular weight excluding hydrogens is 456 g/mol. The molecule has 8 heteroatoms. The molecule has 0 bridgehead atoms. The molecule has 1 heterocycles. The van der Waals surface area contributed by atoms with Crippen molar-refractivity contribution < 1.29 is 13.9 Å². The molecule has 0 aliphatic heterocycles. The summed E-state index contributed by atoms with van der Waals surface area (Å²) < 4.78 is 19.1. The predicted octanol–water partition coefficient (Wildman–Crippen LogP) is 6.41. The van der Waals surface area contributed by atoms with E-state index in [4.69, 9.17) is 25.5 Å². The lowest BCUT2D eigenvalue weighted by atomic mass is 10.1. The lowest BCUT2D eigenvalue weighted by molar-refractivity contribution is 0.252. The average molecular weight is 495 g/mol. The highest BCUT2D eigenvalue weighted by atomic mass is 35.5. The molecule has 184 valence electrons. The first-order chi connectivity index (χ1) is 15.2. The second-order valence-electron chi connectivity index (χ2n) is 10.8. The number of rotatable bonds is 10. The minimum Gasteiger partial charge on any atom is -0.494 e. The minimum atomic E-state index is -1.67. The molecule has 0 radical (unpaired) electrons. The molecule has 0 spiro atoms. The van der Waals surface area contributed by atoms with Crippen LogP contribution in [0.2, 0.25) is 23.2 Å². The van der Waals surface area contributed by atoms with E-state index in [0.717, 1.165) is 30.8 Å². The van der Waals surface area contributed by atoms with Crippen molar-refractivity contribution in [1.29, 1.82) is 0 Å². The van der Waals surface area contributed by atoms with Crippen LogP contribution in [0.3, 0.4) is 0 Å². The van der Waals surface area contributed by atoms with E-state index in [1.807, 2.05) is 45.0 Å². The Labute approximate surface area is 204 Å². The highest BCUT2D eigenvalue weighted by Gasteiger charge is 2.36. The van der Waals surface area contributed by atoms with Gasteiger partial charge in [-0.2, -0.15) is 5.10 Å². The molecule has 0 N–H and O–H groups in total. The molecule has 1 aromatic carbocycles. The smallest absolute Gasteiger partial charge is 0.289 e. The Bertz CT molecular complexity index is 960. The maximum Gasteiger partial charge on any atom is 0.289 e. The number of halogens is 1. The first-order valence-corrected chi connectivity index (χ1v) is 14.8. The quantitative estimate of drug-likeness (QED) is 0.282. The van der Waals surface area contributed by atoms with Gasteiger partial charge in [0.05, 0.1) is 18.3 Å². The molecule has 1 aromatic heterocycles. The van der Waals surface area contributed by atoms with Gasteiger partial charge in [-0.05, 0) is 69.4 Å². The summed E-state index contributed by atoms with van der Waals surface area (Å²) in [6, 6.07) is 7.71. The zero-order valence-corrected chi connectivity index (χ0v) is 23.1. The van der Waals surface area contributed by atoms with E-state index in [9.17, 15) is 4.79 Å². The van der Waals surface area contributed by atoms with Gasteiger partial charge in [-0.25, -0.2) is 4.68 Å². The molecule has 6 nitrogen and oxygen atoms in total. The number of aromatic nitrogens is 2. The molecule has 0 fully saturated rings. The predicted molar refractivity (Wildman–Crippen MR) is 137 cm³/mol. The second-order valence-corrected chi connectivity index (χ2v) is 16.0. The van der Waals surface area contributed by atoms with Crippen LogP contribution in [-0.2, 0) is 16.6 Å². The van der Waals surface area contributed by atoms with Crippen LogP contribution < -0.4 is 15.0 Å². The third-order valence-electron chi connectivity index (χ3n) is 5.92. The highest BCUT2D eigenvalue weighted by Crippen LogP contribution is 2.36. The van der Waals surface area contributed by atoms with Crippen molar-refractivity contribution in [2.75, 3.05) is 13.2 Å². The Hall–Kier alpha value is -1.83. The summed E-state index contributed by atoms with van der Waals surface area (Å²) in [6.45, 7) is 18.7. The normalized spacial score (nSPS) is 12.6. The summed E-state index contributed by atoms with van der Waals surface area (Å²) in [5.41, 5.74) is 0.133. The molecule has 0 saturated heterocycles. The Morgan fingerprint density at radius 2 is 1.58 bits per heavy atom. The minimum absolute atomic E-state index is 0.0393. The van der Waals surface area contributed by atoms with Gasteiger partial charge in [0.2, 0.25) is 0 Å². The largest absolute Gasteiger partial charge is 0.494 e. The maximum atomic E-state index is 12.4. The number of benzene rings is 1. The van der Waals surface area contributed by atoms with Crippen LogP contribution in [0.4, 0.5) is 0 Å². The van der Waals surface area contributed by atoms with Crippen LogP contribution in [0.5, 0.6) is 11.5 Å². The van der Waals surface area contributed by atoms with Gasteiger partial charge in [0, 0.05) is 6.61 Å². The van der Waals surface area contributed by atoms with E-state index < -0.39 is 13.9 Å². The summed E-state index contributed by atoms with van der Waals surface area (Å²) in [5.74, 6) is 1.10. The fourth-order valence-corrected chi connectivity index (χ4v) is 4.05. The molecule has 2 aromatic rings. The number of hydrogen-bond donors (Lipinski definition) is 0. The van der Waals surface area contributed by atoms with E-state index in [1.165, 1.54) is 10.9 Å². The SMILES string of the molecule is CC(C)(C)n1ncc(OCc2ccc(OCCCCO[Si](C)(C)C(C)(C)C)cc2)c(Cl)c1=O. The number of unbranched alkanes of at least 4 members (excludes halogenated alkanes) is 1. The van der Waals surface area contributed by atoms with E-state index in [2.05, 4.69) is 39.0 Å². The van der Waals surface area contributed by atoms with Crippen molar-refractivity contribution >= 4 is 19.9 Å². The van der Waals surface area contributed by atoms with Crippen LogP contribution >= 0.6 is 11.6 Å². The maximum absolute atomic E-state index is 12.4. The van der Waals surface area contributed by atoms with Gasteiger partial charge in [0.25, 0.3) is 5.56 Å². The molecule has 0 unspecified atom stereocenters. The molecule has 0 aliphatic carbocycles. The van der Waals surface area contributed by atoms with Crippen LogP contribution in [-0.4, -0.2) is 31.3 Å². The average Bonchev–Trinajstić information content (AvgIpc) is 2.70. The van der Waals surface area contributed by atoms with E-state index in [-0.39, 0.29) is 28.0 Å². The number of nitrogens with zero attached hydrogens (tertiary/aromatic N) is 2. The summed E-state index contributed by atoms with van der Waals surface area (Å²) in [5, 5.41) is 4.46. The Morgan fingerprint density at radius 1 is 0.970 bits per heavy atom. The van der Waals surface area contributed by atoms with E-state index in [0.29, 0.717) is 6.61 Å². The fraction of sp³-hybridized carbons (Fsp3) is 0.600. The number of ether oxygens (including phenoxy) is 2. The van der Waals surface area contributed by atoms with Crippen LogP contribution in [0.25, 0.3) is 0 Å². The lowest BCUT2D eigenvalue weighted by Crippen LogP contribution is -2.41. The van der Waals surface area contributed by atoms with Crippen LogP contribution in [0, 0.1) is 0 Å². The summed E-state index contributed by atoms with van der Waals surface area (Å²) in [6.07, 6.45) is 3.42. The Balaban J connectivity index is 1.78. The van der Waals surface area contributed by atoms with E-state index >= 15 is 0 Å². The molecule has 0 aliphatic rings. The molecule has 0 saturated carbocycles. The second kappa shape index (κ2) is 11.1. The van der Waals surface area contributed by atoms with E-state index in [1.54, 1.807) is 0 Å². The number of hydrogen-bond acceptors (Lipinski definition) is 5. The molecule has 2 rings (SSSR count). The van der Waals surface area contributed by atoms with Crippen LogP contribution in [0.1, 0.15) is 59.9 Å². The fourth-order valence-electron chi connectivity index (χ4n) is 2.78. The summed E-state index contributed by atoms with van der Waals surface area (Å²) in [7, 11) is -1.67. The van der Waals surface area contributed by atoms with Gasteiger partial charge < -0.3 is 13.9 Å².